The molecule has 7 heteroatoms. The van der Waals surface area contributed by atoms with Crippen molar-refractivity contribution in [1.82, 2.24) is 4.90 Å². The van der Waals surface area contributed by atoms with Gasteiger partial charge in [0.25, 0.3) is 0 Å². The summed E-state index contributed by atoms with van der Waals surface area (Å²) in [6.45, 7) is 2.33. The minimum Gasteiger partial charge on any atom is -0.489 e. The second kappa shape index (κ2) is 7.47. The van der Waals surface area contributed by atoms with Crippen molar-refractivity contribution in [2.45, 2.75) is 37.3 Å². The zero-order valence-corrected chi connectivity index (χ0v) is 16.3. The average molecular weight is 400 g/mol. The third kappa shape index (κ3) is 3.71. The van der Waals surface area contributed by atoms with Crippen LogP contribution in [-0.2, 0) is 16.2 Å². The van der Waals surface area contributed by atoms with E-state index in [1.807, 2.05) is 6.92 Å². The Kier molecular flexibility index (Phi) is 5.02. The molecule has 2 heterocycles. The number of thioether (sulfide) groups is 1. The highest BCUT2D eigenvalue weighted by Gasteiger charge is 2.52. The van der Waals surface area contributed by atoms with Gasteiger partial charge in [0.05, 0.1) is 4.87 Å². The van der Waals surface area contributed by atoms with Crippen molar-refractivity contribution >= 4 is 29.3 Å². The molecule has 2 saturated heterocycles. The standard InChI is InChI=1S/C21H21FN2O3S/c1-21-10-9-19(25)24(21)18(13-28-21)20(26)23-16-3-2-4-17(11-16)27-12-14-5-7-15(22)8-6-14/h2-8,11,18H,9-10,12-13H2,1H3,(H,23,26)/t18-,21+/m0/s1. The summed E-state index contributed by atoms with van der Waals surface area (Å²) in [5.41, 5.74) is 1.47. The van der Waals surface area contributed by atoms with Gasteiger partial charge in [-0.25, -0.2) is 4.39 Å². The van der Waals surface area contributed by atoms with Gasteiger partial charge in [0.2, 0.25) is 11.8 Å². The Labute approximate surface area is 167 Å². The van der Waals surface area contributed by atoms with Crippen molar-refractivity contribution in [3.8, 4) is 5.75 Å². The number of ether oxygens (including phenoxy) is 1. The van der Waals surface area contributed by atoms with Gasteiger partial charge in [-0.1, -0.05) is 18.2 Å². The smallest absolute Gasteiger partial charge is 0.248 e. The lowest BCUT2D eigenvalue weighted by Crippen LogP contribution is -2.48. The van der Waals surface area contributed by atoms with Gasteiger partial charge in [0.15, 0.2) is 0 Å². The quantitative estimate of drug-likeness (QED) is 0.830. The molecule has 28 heavy (non-hydrogen) atoms. The number of halogens is 1. The Morgan fingerprint density at radius 2 is 2.11 bits per heavy atom. The Morgan fingerprint density at radius 1 is 1.32 bits per heavy atom. The molecule has 0 bridgehead atoms. The molecule has 2 aliphatic heterocycles. The fourth-order valence-electron chi connectivity index (χ4n) is 3.65. The van der Waals surface area contributed by atoms with E-state index in [2.05, 4.69) is 5.32 Å². The molecular weight excluding hydrogens is 379 g/mol. The van der Waals surface area contributed by atoms with Crippen LogP contribution in [0, 0.1) is 5.82 Å². The van der Waals surface area contributed by atoms with Crippen LogP contribution in [0.15, 0.2) is 48.5 Å². The molecule has 4 rings (SSSR count). The van der Waals surface area contributed by atoms with Crippen LogP contribution in [0.2, 0.25) is 0 Å². The monoisotopic (exact) mass is 400 g/mol. The molecule has 0 spiro atoms. The van der Waals surface area contributed by atoms with Gasteiger partial charge >= 0.3 is 0 Å². The molecule has 2 aromatic rings. The van der Waals surface area contributed by atoms with Gasteiger partial charge in [-0.15, -0.1) is 11.8 Å². The first-order valence-electron chi connectivity index (χ1n) is 9.19. The van der Waals surface area contributed by atoms with Gasteiger partial charge in [0, 0.05) is 23.9 Å². The molecule has 0 unspecified atom stereocenters. The Balaban J connectivity index is 1.40. The summed E-state index contributed by atoms with van der Waals surface area (Å²) in [5, 5.41) is 2.90. The first kappa shape index (κ1) is 18.8. The molecule has 2 aromatic carbocycles. The van der Waals surface area contributed by atoms with Crippen LogP contribution in [0.1, 0.15) is 25.3 Å². The van der Waals surface area contributed by atoms with Crippen molar-refractivity contribution in [1.29, 1.82) is 0 Å². The maximum absolute atomic E-state index is 13.0. The predicted octanol–water partition coefficient (Wildman–Crippen LogP) is 3.80. The Hall–Kier alpha value is -2.54. The highest BCUT2D eigenvalue weighted by atomic mass is 32.2. The van der Waals surface area contributed by atoms with Crippen LogP contribution in [0.3, 0.4) is 0 Å². The van der Waals surface area contributed by atoms with Gasteiger partial charge in [0.1, 0.15) is 24.2 Å². The molecule has 0 radical (unpaired) electrons. The van der Waals surface area contributed by atoms with Gasteiger partial charge < -0.3 is 15.0 Å². The highest BCUT2D eigenvalue weighted by molar-refractivity contribution is 8.01. The fourth-order valence-corrected chi connectivity index (χ4v) is 5.08. The number of fused-ring (bicyclic) bond motifs is 1. The SMILES string of the molecule is C[C@@]12CCC(=O)N1[C@H](C(=O)Nc1cccc(OCc3ccc(F)cc3)c1)CS2. The van der Waals surface area contributed by atoms with Gasteiger partial charge in [-0.05, 0) is 43.2 Å². The molecule has 2 amide bonds. The van der Waals surface area contributed by atoms with E-state index in [4.69, 9.17) is 4.74 Å². The number of carbonyl (C=O) groups excluding carboxylic acids is 2. The summed E-state index contributed by atoms with van der Waals surface area (Å²) in [4.78, 5) is 26.5. The molecule has 0 aromatic heterocycles. The lowest BCUT2D eigenvalue weighted by molar-refractivity contribution is -0.135. The highest BCUT2D eigenvalue weighted by Crippen LogP contribution is 2.47. The summed E-state index contributed by atoms with van der Waals surface area (Å²) >= 11 is 1.67. The number of benzene rings is 2. The largest absolute Gasteiger partial charge is 0.489 e. The second-order valence-electron chi connectivity index (χ2n) is 7.20. The number of rotatable bonds is 5. The molecule has 0 aliphatic carbocycles. The average Bonchev–Trinajstić information content (AvgIpc) is 3.17. The maximum Gasteiger partial charge on any atom is 0.248 e. The van der Waals surface area contributed by atoms with Gasteiger partial charge in [-0.2, -0.15) is 0 Å². The number of hydrogen-bond acceptors (Lipinski definition) is 4. The fraction of sp³-hybridized carbons (Fsp3) is 0.333. The summed E-state index contributed by atoms with van der Waals surface area (Å²) in [6.07, 6.45) is 1.28. The van der Waals surface area contributed by atoms with Crippen LogP contribution < -0.4 is 10.1 Å². The second-order valence-corrected chi connectivity index (χ2v) is 8.70. The molecule has 2 atom stereocenters. The molecule has 5 nitrogen and oxygen atoms in total. The number of nitrogens with one attached hydrogen (secondary N) is 1. The van der Waals surface area contributed by atoms with Crippen molar-refractivity contribution < 1.29 is 18.7 Å². The third-order valence-corrected chi connectivity index (χ3v) is 6.67. The normalized spacial score (nSPS) is 23.6. The van der Waals surface area contributed by atoms with E-state index >= 15 is 0 Å². The molecule has 2 fully saturated rings. The van der Waals surface area contributed by atoms with Crippen LogP contribution in [0.4, 0.5) is 10.1 Å². The van der Waals surface area contributed by atoms with E-state index in [0.29, 0.717) is 30.2 Å². The maximum atomic E-state index is 13.0. The van der Waals surface area contributed by atoms with E-state index in [9.17, 15) is 14.0 Å². The minimum absolute atomic E-state index is 0.0454. The van der Waals surface area contributed by atoms with E-state index in [-0.39, 0.29) is 22.5 Å². The van der Waals surface area contributed by atoms with E-state index in [1.54, 1.807) is 53.1 Å². The van der Waals surface area contributed by atoms with Gasteiger partial charge in [-0.3, -0.25) is 9.59 Å². The minimum atomic E-state index is -0.450. The van der Waals surface area contributed by atoms with Crippen LogP contribution in [0.25, 0.3) is 0 Å². The number of amides is 2. The van der Waals surface area contributed by atoms with E-state index < -0.39 is 6.04 Å². The van der Waals surface area contributed by atoms with Crippen molar-refractivity contribution in [2.24, 2.45) is 0 Å². The third-order valence-electron chi connectivity index (χ3n) is 5.17. The first-order valence-corrected chi connectivity index (χ1v) is 10.2. The lowest BCUT2D eigenvalue weighted by Gasteiger charge is -2.29. The molecule has 146 valence electrons. The van der Waals surface area contributed by atoms with Crippen LogP contribution in [-0.4, -0.2) is 33.4 Å². The Morgan fingerprint density at radius 3 is 2.89 bits per heavy atom. The summed E-state index contributed by atoms with van der Waals surface area (Å²) in [5.74, 6) is 0.789. The molecular formula is C21H21FN2O3S. The Bertz CT molecular complexity index is 905. The molecule has 0 saturated carbocycles. The number of hydrogen-bond donors (Lipinski definition) is 1. The van der Waals surface area contributed by atoms with Crippen molar-refractivity contribution in [3.63, 3.8) is 0 Å². The number of anilines is 1. The topological polar surface area (TPSA) is 58.6 Å². The summed E-state index contributed by atoms with van der Waals surface area (Å²) in [7, 11) is 0. The van der Waals surface area contributed by atoms with Crippen LogP contribution in [0.5, 0.6) is 5.75 Å². The predicted molar refractivity (Wildman–Crippen MR) is 107 cm³/mol. The zero-order chi connectivity index (χ0) is 19.7. The summed E-state index contributed by atoms with van der Waals surface area (Å²) < 4.78 is 18.7. The first-order chi connectivity index (χ1) is 13.4. The number of carbonyl (C=O) groups is 2. The van der Waals surface area contributed by atoms with E-state index in [1.165, 1.54) is 12.1 Å². The lowest BCUT2D eigenvalue weighted by atomic mass is 10.2. The zero-order valence-electron chi connectivity index (χ0n) is 15.5. The van der Waals surface area contributed by atoms with Crippen molar-refractivity contribution in [3.05, 3.63) is 59.9 Å². The molecule has 1 N–H and O–H groups in total. The molecule has 2 aliphatic rings. The van der Waals surface area contributed by atoms with Crippen LogP contribution >= 0.6 is 11.8 Å². The van der Waals surface area contributed by atoms with E-state index in [0.717, 1.165) is 12.0 Å². The van der Waals surface area contributed by atoms with Crippen molar-refractivity contribution in [2.75, 3.05) is 11.1 Å². The summed E-state index contributed by atoms with van der Waals surface area (Å²) in [6, 6.07) is 12.8. The number of nitrogens with zero attached hydrogens (tertiary/aromatic N) is 1.